The smallest absolute Gasteiger partial charge is 0.303 e. The van der Waals surface area contributed by atoms with Gasteiger partial charge in [0.05, 0.1) is 5.38 Å². The molecule has 0 rings (SSSR count). The van der Waals surface area contributed by atoms with Gasteiger partial charge in [0.25, 0.3) is 0 Å². The van der Waals surface area contributed by atoms with Crippen molar-refractivity contribution in [2.75, 3.05) is 0 Å². The van der Waals surface area contributed by atoms with Gasteiger partial charge in [0.2, 0.25) is 0 Å². The van der Waals surface area contributed by atoms with E-state index in [0.29, 0.717) is 6.42 Å². The van der Waals surface area contributed by atoms with Crippen molar-refractivity contribution in [2.45, 2.75) is 76.5 Å². The third-order valence-corrected chi connectivity index (χ3v) is 3.30. The summed E-state index contributed by atoms with van der Waals surface area (Å²) >= 11 is 6.13. The number of unbranched alkanes of at least 4 members (excludes halogenated alkanes) is 6. The molecular weight excluding hydrogens is 248 g/mol. The van der Waals surface area contributed by atoms with Crippen LogP contribution in [-0.4, -0.2) is 16.5 Å². The second kappa shape index (κ2) is 12.9. The molecule has 0 fully saturated rings. The molecule has 0 aromatic heterocycles. The molecule has 106 valence electrons. The molecule has 0 saturated heterocycles. The molecule has 0 aliphatic heterocycles. The van der Waals surface area contributed by atoms with Gasteiger partial charge < -0.3 is 5.11 Å². The minimum atomic E-state index is -0.682. The van der Waals surface area contributed by atoms with Gasteiger partial charge in [-0.2, -0.15) is 0 Å². The van der Waals surface area contributed by atoms with Gasteiger partial charge >= 0.3 is 5.97 Å². The molecule has 18 heavy (non-hydrogen) atoms. The zero-order valence-electron chi connectivity index (χ0n) is 11.5. The number of hydrogen-bond donors (Lipinski definition) is 1. The lowest BCUT2D eigenvalue weighted by Gasteiger charge is -2.02. The SMILES string of the molecule is CCCCC(Cl)C=CCCCCCCCC(=O)O. The summed E-state index contributed by atoms with van der Waals surface area (Å²) in [6, 6.07) is 0. The van der Waals surface area contributed by atoms with Crippen molar-refractivity contribution in [1.82, 2.24) is 0 Å². The fraction of sp³-hybridized carbons (Fsp3) is 0.800. The summed E-state index contributed by atoms with van der Waals surface area (Å²) < 4.78 is 0. The molecule has 0 amide bonds. The highest BCUT2D eigenvalue weighted by atomic mass is 35.5. The molecule has 0 aromatic carbocycles. The Bertz CT molecular complexity index is 227. The van der Waals surface area contributed by atoms with E-state index in [1.54, 1.807) is 0 Å². The first-order valence-corrected chi connectivity index (χ1v) is 7.63. The Labute approximate surface area is 116 Å². The first kappa shape index (κ1) is 17.5. The van der Waals surface area contributed by atoms with E-state index in [1.807, 2.05) is 0 Å². The van der Waals surface area contributed by atoms with Crippen molar-refractivity contribution in [3.8, 4) is 0 Å². The maximum absolute atomic E-state index is 10.3. The molecule has 0 aromatic rings. The monoisotopic (exact) mass is 274 g/mol. The predicted molar refractivity (Wildman–Crippen MR) is 78.3 cm³/mol. The molecular formula is C15H27ClO2. The zero-order chi connectivity index (χ0) is 13.6. The number of carboxylic acid groups (broad SMARTS) is 1. The van der Waals surface area contributed by atoms with Crippen LogP contribution in [-0.2, 0) is 4.79 Å². The van der Waals surface area contributed by atoms with Crippen LogP contribution in [0.2, 0.25) is 0 Å². The van der Waals surface area contributed by atoms with Gasteiger partial charge in [-0.05, 0) is 25.7 Å². The third-order valence-electron chi connectivity index (χ3n) is 2.94. The number of halogens is 1. The van der Waals surface area contributed by atoms with Crippen LogP contribution in [0.4, 0.5) is 0 Å². The van der Waals surface area contributed by atoms with E-state index in [0.717, 1.165) is 32.1 Å². The van der Waals surface area contributed by atoms with Gasteiger partial charge in [-0.15, -0.1) is 11.6 Å². The Hall–Kier alpha value is -0.500. The number of aliphatic carboxylic acids is 1. The minimum Gasteiger partial charge on any atom is -0.481 e. The molecule has 0 bridgehead atoms. The van der Waals surface area contributed by atoms with E-state index in [1.165, 1.54) is 25.7 Å². The maximum Gasteiger partial charge on any atom is 0.303 e. The topological polar surface area (TPSA) is 37.3 Å². The Morgan fingerprint density at radius 3 is 2.50 bits per heavy atom. The number of rotatable bonds is 12. The molecule has 0 aliphatic carbocycles. The van der Waals surface area contributed by atoms with Crippen molar-refractivity contribution < 1.29 is 9.90 Å². The Kier molecular flexibility index (Phi) is 12.6. The van der Waals surface area contributed by atoms with Gasteiger partial charge in [0.15, 0.2) is 0 Å². The highest BCUT2D eigenvalue weighted by molar-refractivity contribution is 6.21. The lowest BCUT2D eigenvalue weighted by Crippen LogP contribution is -1.93. The Morgan fingerprint density at radius 1 is 1.17 bits per heavy atom. The molecule has 1 N–H and O–H groups in total. The summed E-state index contributed by atoms with van der Waals surface area (Å²) in [5.41, 5.74) is 0. The van der Waals surface area contributed by atoms with Crippen LogP contribution >= 0.6 is 11.6 Å². The first-order chi connectivity index (χ1) is 8.66. The van der Waals surface area contributed by atoms with Crippen LogP contribution < -0.4 is 0 Å². The lowest BCUT2D eigenvalue weighted by atomic mass is 10.1. The summed E-state index contributed by atoms with van der Waals surface area (Å²) in [7, 11) is 0. The number of allylic oxidation sites excluding steroid dienone is 2. The van der Waals surface area contributed by atoms with Gasteiger partial charge in [0, 0.05) is 6.42 Å². The Morgan fingerprint density at radius 2 is 1.83 bits per heavy atom. The highest BCUT2D eigenvalue weighted by Gasteiger charge is 1.98. The van der Waals surface area contributed by atoms with Crippen molar-refractivity contribution in [1.29, 1.82) is 0 Å². The van der Waals surface area contributed by atoms with E-state index in [4.69, 9.17) is 16.7 Å². The van der Waals surface area contributed by atoms with E-state index in [9.17, 15) is 4.79 Å². The molecule has 2 nitrogen and oxygen atoms in total. The number of alkyl halides is 1. The summed E-state index contributed by atoms with van der Waals surface area (Å²) in [5, 5.41) is 8.67. The number of carboxylic acids is 1. The third kappa shape index (κ3) is 13.6. The molecule has 0 radical (unpaired) electrons. The molecule has 1 atom stereocenters. The second-order valence-corrected chi connectivity index (χ2v) is 5.35. The molecule has 0 aliphatic rings. The summed E-state index contributed by atoms with van der Waals surface area (Å²) in [4.78, 5) is 10.3. The van der Waals surface area contributed by atoms with E-state index < -0.39 is 5.97 Å². The van der Waals surface area contributed by atoms with Gasteiger partial charge in [-0.1, -0.05) is 51.2 Å². The number of carbonyl (C=O) groups is 1. The van der Waals surface area contributed by atoms with Gasteiger partial charge in [0.1, 0.15) is 0 Å². The van der Waals surface area contributed by atoms with E-state index in [2.05, 4.69) is 19.1 Å². The standard InChI is InChI=1S/C15H27ClO2/c1-2-3-11-14(16)12-9-7-5-4-6-8-10-13-15(17)18/h9,12,14H,2-8,10-11,13H2,1H3,(H,17,18). The molecule has 0 spiro atoms. The van der Waals surface area contributed by atoms with E-state index >= 15 is 0 Å². The average molecular weight is 275 g/mol. The zero-order valence-corrected chi connectivity index (χ0v) is 12.3. The van der Waals surface area contributed by atoms with Crippen molar-refractivity contribution in [2.24, 2.45) is 0 Å². The molecule has 0 saturated carbocycles. The fourth-order valence-corrected chi connectivity index (χ4v) is 2.07. The number of hydrogen-bond acceptors (Lipinski definition) is 1. The summed E-state index contributed by atoms with van der Waals surface area (Å²) in [6.07, 6.45) is 14.5. The summed E-state index contributed by atoms with van der Waals surface area (Å²) in [6.45, 7) is 2.18. The lowest BCUT2D eigenvalue weighted by molar-refractivity contribution is -0.137. The largest absolute Gasteiger partial charge is 0.481 e. The van der Waals surface area contributed by atoms with Crippen molar-refractivity contribution in [3.63, 3.8) is 0 Å². The normalized spacial score (nSPS) is 13.0. The van der Waals surface area contributed by atoms with Crippen LogP contribution in [0.5, 0.6) is 0 Å². The molecule has 1 unspecified atom stereocenters. The van der Waals surface area contributed by atoms with Crippen LogP contribution in [0.3, 0.4) is 0 Å². The van der Waals surface area contributed by atoms with Crippen LogP contribution in [0.25, 0.3) is 0 Å². The molecule has 3 heteroatoms. The van der Waals surface area contributed by atoms with E-state index in [-0.39, 0.29) is 5.38 Å². The van der Waals surface area contributed by atoms with Crippen molar-refractivity contribution >= 4 is 17.6 Å². The second-order valence-electron chi connectivity index (χ2n) is 4.79. The predicted octanol–water partition coefficient (Wildman–Crippen LogP) is 5.16. The van der Waals surface area contributed by atoms with Gasteiger partial charge in [-0.3, -0.25) is 4.79 Å². The minimum absolute atomic E-state index is 0.195. The fourth-order valence-electron chi connectivity index (χ4n) is 1.81. The van der Waals surface area contributed by atoms with Gasteiger partial charge in [-0.25, -0.2) is 0 Å². The average Bonchev–Trinajstić information content (AvgIpc) is 2.34. The molecule has 0 heterocycles. The summed E-state index contributed by atoms with van der Waals surface area (Å²) in [5.74, 6) is -0.682. The van der Waals surface area contributed by atoms with Crippen LogP contribution in [0.15, 0.2) is 12.2 Å². The van der Waals surface area contributed by atoms with Crippen LogP contribution in [0, 0.1) is 0 Å². The first-order valence-electron chi connectivity index (χ1n) is 7.19. The highest BCUT2D eigenvalue weighted by Crippen LogP contribution is 2.11. The quantitative estimate of drug-likeness (QED) is 0.303. The van der Waals surface area contributed by atoms with Crippen molar-refractivity contribution in [3.05, 3.63) is 12.2 Å². The maximum atomic E-state index is 10.3. The van der Waals surface area contributed by atoms with Crippen LogP contribution in [0.1, 0.15) is 71.1 Å². The Balaban J connectivity index is 3.24.